The van der Waals surface area contributed by atoms with E-state index >= 15 is 0 Å². The molecular formula is C21H27N5O3. The van der Waals surface area contributed by atoms with Crippen LogP contribution in [0, 0.1) is 6.92 Å². The molecule has 0 radical (unpaired) electrons. The molecule has 0 bridgehead atoms. The van der Waals surface area contributed by atoms with Crippen molar-refractivity contribution in [2.75, 3.05) is 13.1 Å². The third kappa shape index (κ3) is 3.90. The summed E-state index contributed by atoms with van der Waals surface area (Å²) < 4.78 is 9.17. The summed E-state index contributed by atoms with van der Waals surface area (Å²) in [7, 11) is 1.63. The Labute approximate surface area is 168 Å². The molecule has 8 heteroatoms. The van der Waals surface area contributed by atoms with Crippen molar-refractivity contribution in [3.8, 4) is 0 Å². The van der Waals surface area contributed by atoms with E-state index in [-0.39, 0.29) is 12.2 Å². The summed E-state index contributed by atoms with van der Waals surface area (Å²) in [5.74, 6) is 0.772. The van der Waals surface area contributed by atoms with Gasteiger partial charge in [0, 0.05) is 26.7 Å². The highest BCUT2D eigenvalue weighted by Crippen LogP contribution is 2.18. The lowest BCUT2D eigenvalue weighted by atomic mass is 10.1. The van der Waals surface area contributed by atoms with Gasteiger partial charge in [-0.2, -0.15) is 0 Å². The number of benzene rings is 1. The second-order valence-electron chi connectivity index (χ2n) is 8.04. The molecule has 1 fully saturated rings. The number of fused-ring (bicyclic) bond motifs is 1. The molecule has 1 saturated heterocycles. The highest BCUT2D eigenvalue weighted by atomic mass is 16.5. The number of aromatic amines is 1. The zero-order valence-corrected chi connectivity index (χ0v) is 17.3. The van der Waals surface area contributed by atoms with Gasteiger partial charge in [-0.25, -0.2) is 9.78 Å². The fourth-order valence-electron chi connectivity index (χ4n) is 4.06. The molecule has 1 N–H and O–H groups in total. The molecule has 0 saturated carbocycles. The zero-order valence-electron chi connectivity index (χ0n) is 17.3. The molecule has 1 aromatic carbocycles. The van der Waals surface area contributed by atoms with Crippen LogP contribution in [0.1, 0.15) is 30.8 Å². The number of nitrogens with zero attached hydrogens (tertiary/aromatic N) is 4. The van der Waals surface area contributed by atoms with Crippen molar-refractivity contribution in [3.63, 3.8) is 0 Å². The van der Waals surface area contributed by atoms with Gasteiger partial charge in [-0.3, -0.25) is 19.2 Å². The van der Waals surface area contributed by atoms with Gasteiger partial charge in [-0.05, 0) is 26.3 Å². The zero-order chi connectivity index (χ0) is 20.7. The lowest BCUT2D eigenvalue weighted by Crippen LogP contribution is -2.45. The van der Waals surface area contributed by atoms with E-state index in [0.29, 0.717) is 24.3 Å². The number of H-pyrrole nitrogens is 1. The summed E-state index contributed by atoms with van der Waals surface area (Å²) in [4.78, 5) is 34.2. The van der Waals surface area contributed by atoms with E-state index in [0.717, 1.165) is 24.5 Å². The van der Waals surface area contributed by atoms with Crippen LogP contribution in [0.2, 0.25) is 0 Å². The Kier molecular flexibility index (Phi) is 5.14. The quantitative estimate of drug-likeness (QED) is 0.719. The Bertz CT molecular complexity index is 1130. The van der Waals surface area contributed by atoms with Crippen molar-refractivity contribution in [1.82, 2.24) is 24.0 Å². The normalized spacial score (nSPS) is 20.4. The predicted octanol–water partition coefficient (Wildman–Crippen LogP) is 1.39. The smallest absolute Gasteiger partial charge is 0.329 e. The lowest BCUT2D eigenvalue weighted by molar-refractivity contribution is -0.0712. The van der Waals surface area contributed by atoms with Crippen LogP contribution in [0.5, 0.6) is 0 Å². The van der Waals surface area contributed by atoms with Crippen LogP contribution < -0.4 is 11.2 Å². The van der Waals surface area contributed by atoms with E-state index in [4.69, 9.17) is 9.72 Å². The highest BCUT2D eigenvalue weighted by molar-refractivity contribution is 5.71. The molecular weight excluding hydrogens is 370 g/mol. The topological polar surface area (TPSA) is 85.2 Å². The average molecular weight is 397 g/mol. The maximum absolute atomic E-state index is 12.7. The van der Waals surface area contributed by atoms with Gasteiger partial charge >= 0.3 is 5.69 Å². The molecule has 154 valence electrons. The van der Waals surface area contributed by atoms with Crippen LogP contribution in [0.15, 0.2) is 33.9 Å². The first-order valence-electron chi connectivity index (χ1n) is 9.93. The molecule has 3 heterocycles. The number of imidazole rings is 1. The number of hydrogen-bond acceptors (Lipinski definition) is 5. The number of morpholine rings is 1. The van der Waals surface area contributed by atoms with Gasteiger partial charge in [0.2, 0.25) is 0 Å². The minimum absolute atomic E-state index is 0.140. The summed E-state index contributed by atoms with van der Waals surface area (Å²) in [5.41, 5.74) is 2.24. The SMILES string of the molecule is Cc1ccc(Cn2c(CN3C[C@@H](C)O[C@H](C)C3)nc3c2c(=O)[nH]c(=O)n3C)cc1. The van der Waals surface area contributed by atoms with Gasteiger partial charge in [0.25, 0.3) is 5.56 Å². The van der Waals surface area contributed by atoms with Crippen LogP contribution >= 0.6 is 0 Å². The summed E-state index contributed by atoms with van der Waals surface area (Å²) in [6.45, 7) is 8.87. The second-order valence-corrected chi connectivity index (χ2v) is 8.04. The van der Waals surface area contributed by atoms with Crippen LogP contribution in [0.25, 0.3) is 11.2 Å². The molecule has 1 aliphatic heterocycles. The van der Waals surface area contributed by atoms with Gasteiger partial charge in [-0.1, -0.05) is 29.8 Å². The molecule has 2 aromatic heterocycles. The maximum Gasteiger partial charge on any atom is 0.329 e. The molecule has 29 heavy (non-hydrogen) atoms. The number of hydrogen-bond donors (Lipinski definition) is 1. The first-order valence-corrected chi connectivity index (χ1v) is 9.93. The van der Waals surface area contributed by atoms with Crippen molar-refractivity contribution in [1.29, 1.82) is 0 Å². The number of aryl methyl sites for hydroxylation is 2. The van der Waals surface area contributed by atoms with Crippen molar-refractivity contribution in [2.45, 2.75) is 46.1 Å². The first kappa shape index (κ1) is 19.6. The van der Waals surface area contributed by atoms with Gasteiger partial charge in [0.1, 0.15) is 5.82 Å². The van der Waals surface area contributed by atoms with Gasteiger partial charge in [0.15, 0.2) is 11.2 Å². The van der Waals surface area contributed by atoms with E-state index in [9.17, 15) is 9.59 Å². The molecule has 0 unspecified atom stereocenters. The van der Waals surface area contributed by atoms with Crippen LogP contribution in [0.3, 0.4) is 0 Å². The second kappa shape index (κ2) is 7.61. The molecule has 0 aliphatic carbocycles. The Balaban J connectivity index is 1.80. The van der Waals surface area contributed by atoms with E-state index < -0.39 is 11.2 Å². The molecule has 3 aromatic rings. The Morgan fingerprint density at radius 3 is 2.41 bits per heavy atom. The van der Waals surface area contributed by atoms with E-state index in [1.165, 1.54) is 10.1 Å². The lowest BCUT2D eigenvalue weighted by Gasteiger charge is -2.35. The monoisotopic (exact) mass is 397 g/mol. The summed E-state index contributed by atoms with van der Waals surface area (Å²) in [5, 5.41) is 0. The average Bonchev–Trinajstić information content (AvgIpc) is 2.99. The highest BCUT2D eigenvalue weighted by Gasteiger charge is 2.25. The number of nitrogens with one attached hydrogen (secondary N) is 1. The Morgan fingerprint density at radius 1 is 1.10 bits per heavy atom. The van der Waals surface area contributed by atoms with E-state index in [1.54, 1.807) is 7.05 Å². The molecule has 8 nitrogen and oxygen atoms in total. The molecule has 4 rings (SSSR count). The molecule has 0 spiro atoms. The van der Waals surface area contributed by atoms with E-state index in [2.05, 4.69) is 48.0 Å². The van der Waals surface area contributed by atoms with Gasteiger partial charge in [0.05, 0.1) is 18.8 Å². The van der Waals surface area contributed by atoms with Crippen molar-refractivity contribution >= 4 is 11.2 Å². The fourth-order valence-corrected chi connectivity index (χ4v) is 4.06. The molecule has 0 amide bonds. The minimum Gasteiger partial charge on any atom is -0.373 e. The first-order chi connectivity index (χ1) is 13.8. The van der Waals surface area contributed by atoms with Crippen molar-refractivity contribution in [3.05, 3.63) is 62.1 Å². The minimum atomic E-state index is -0.456. The number of ether oxygens (including phenoxy) is 1. The van der Waals surface area contributed by atoms with Gasteiger partial charge in [-0.15, -0.1) is 0 Å². The van der Waals surface area contributed by atoms with Crippen molar-refractivity contribution < 1.29 is 4.74 Å². The predicted molar refractivity (Wildman–Crippen MR) is 111 cm³/mol. The standard InChI is InChI=1S/C21H27N5O3/c1-13-5-7-16(8-6-13)11-26-17(12-25-9-14(2)29-15(3)10-25)22-19-18(26)20(27)23-21(28)24(19)4/h5-8,14-15H,9-12H2,1-4H3,(H,23,27,28)/t14-,15-/m1/s1. The summed E-state index contributed by atoms with van der Waals surface area (Å²) in [6.07, 6.45) is 0.280. The number of aromatic nitrogens is 4. The maximum atomic E-state index is 12.7. The van der Waals surface area contributed by atoms with Crippen LogP contribution in [-0.2, 0) is 24.9 Å². The Morgan fingerprint density at radius 2 is 1.76 bits per heavy atom. The fraction of sp³-hybridized carbons (Fsp3) is 0.476. The van der Waals surface area contributed by atoms with E-state index in [1.807, 2.05) is 11.5 Å². The Hall–Kier alpha value is -2.71. The number of rotatable bonds is 4. The summed E-state index contributed by atoms with van der Waals surface area (Å²) in [6, 6.07) is 8.22. The largest absolute Gasteiger partial charge is 0.373 e. The van der Waals surface area contributed by atoms with Gasteiger partial charge < -0.3 is 9.30 Å². The van der Waals surface area contributed by atoms with Crippen molar-refractivity contribution in [2.24, 2.45) is 7.05 Å². The van der Waals surface area contributed by atoms with Crippen LogP contribution in [-0.4, -0.2) is 49.3 Å². The molecule has 2 atom stereocenters. The van der Waals surface area contributed by atoms with Crippen LogP contribution in [0.4, 0.5) is 0 Å². The third-order valence-corrected chi connectivity index (χ3v) is 5.41. The third-order valence-electron chi connectivity index (χ3n) is 5.41. The molecule has 1 aliphatic rings. The summed E-state index contributed by atoms with van der Waals surface area (Å²) >= 11 is 0.